The lowest BCUT2D eigenvalue weighted by atomic mass is 10.1. The number of carbonyl (C=O) groups is 2. The highest BCUT2D eigenvalue weighted by molar-refractivity contribution is 5.95. The Hall–Kier alpha value is -3.02. The summed E-state index contributed by atoms with van der Waals surface area (Å²) in [5, 5.41) is 2.59. The predicted octanol–water partition coefficient (Wildman–Crippen LogP) is 3.51. The average molecular weight is 384 g/mol. The fourth-order valence-electron chi connectivity index (χ4n) is 2.71. The number of nitrogens with one attached hydrogen (secondary N) is 1. The summed E-state index contributed by atoms with van der Waals surface area (Å²) in [6, 6.07) is 12.4. The first kappa shape index (κ1) is 21.3. The number of rotatable bonds is 9. The van der Waals surface area contributed by atoms with Crippen molar-refractivity contribution in [3.63, 3.8) is 0 Å². The SMILES string of the molecule is CCCOc1ccc(C(=O)N(C)Cc2ccc(C(=O)NC)cc2)cc1OCC. The summed E-state index contributed by atoms with van der Waals surface area (Å²) in [5.41, 5.74) is 2.07. The fourth-order valence-corrected chi connectivity index (χ4v) is 2.71. The summed E-state index contributed by atoms with van der Waals surface area (Å²) in [6.07, 6.45) is 0.897. The number of ether oxygens (including phenoxy) is 2. The Balaban J connectivity index is 2.11. The molecule has 0 aliphatic carbocycles. The molecule has 0 aliphatic rings. The number of carbonyl (C=O) groups excluding carboxylic acids is 2. The van der Waals surface area contributed by atoms with Crippen LogP contribution in [-0.4, -0.2) is 44.0 Å². The fraction of sp³-hybridized carbons (Fsp3) is 0.364. The molecule has 0 fully saturated rings. The molecule has 0 saturated heterocycles. The van der Waals surface area contributed by atoms with E-state index in [4.69, 9.17) is 9.47 Å². The van der Waals surface area contributed by atoms with Crippen LogP contribution >= 0.6 is 0 Å². The molecule has 0 atom stereocenters. The molecule has 2 amide bonds. The highest BCUT2D eigenvalue weighted by atomic mass is 16.5. The summed E-state index contributed by atoms with van der Waals surface area (Å²) < 4.78 is 11.3. The van der Waals surface area contributed by atoms with Crippen LogP contribution in [-0.2, 0) is 6.54 Å². The van der Waals surface area contributed by atoms with Crippen molar-refractivity contribution < 1.29 is 19.1 Å². The van der Waals surface area contributed by atoms with Gasteiger partial charge in [-0.15, -0.1) is 0 Å². The Kier molecular flexibility index (Phi) is 7.87. The minimum absolute atomic E-state index is 0.113. The van der Waals surface area contributed by atoms with Crippen LogP contribution in [0.1, 0.15) is 46.5 Å². The van der Waals surface area contributed by atoms with Gasteiger partial charge >= 0.3 is 0 Å². The predicted molar refractivity (Wildman–Crippen MR) is 109 cm³/mol. The topological polar surface area (TPSA) is 67.9 Å². The second kappa shape index (κ2) is 10.3. The third-order valence-electron chi connectivity index (χ3n) is 4.16. The van der Waals surface area contributed by atoms with E-state index in [1.165, 1.54) is 0 Å². The van der Waals surface area contributed by atoms with Crippen molar-refractivity contribution in [2.75, 3.05) is 27.3 Å². The number of benzene rings is 2. The van der Waals surface area contributed by atoms with E-state index in [9.17, 15) is 9.59 Å². The lowest BCUT2D eigenvalue weighted by molar-refractivity contribution is 0.0784. The van der Waals surface area contributed by atoms with E-state index >= 15 is 0 Å². The Morgan fingerprint density at radius 1 is 0.964 bits per heavy atom. The van der Waals surface area contributed by atoms with Gasteiger partial charge in [-0.1, -0.05) is 19.1 Å². The van der Waals surface area contributed by atoms with Gasteiger partial charge in [0.2, 0.25) is 0 Å². The molecule has 0 aromatic heterocycles. The van der Waals surface area contributed by atoms with Crippen molar-refractivity contribution in [1.29, 1.82) is 0 Å². The zero-order valence-electron chi connectivity index (χ0n) is 17.0. The second-order valence-corrected chi connectivity index (χ2v) is 6.38. The molecule has 0 aliphatic heterocycles. The van der Waals surface area contributed by atoms with Gasteiger partial charge in [-0.25, -0.2) is 0 Å². The largest absolute Gasteiger partial charge is 0.490 e. The van der Waals surface area contributed by atoms with Crippen LogP contribution in [0, 0.1) is 0 Å². The molecule has 1 N–H and O–H groups in total. The van der Waals surface area contributed by atoms with Crippen molar-refractivity contribution in [2.45, 2.75) is 26.8 Å². The van der Waals surface area contributed by atoms with Gasteiger partial charge in [0, 0.05) is 31.8 Å². The molecule has 0 spiro atoms. The molecule has 28 heavy (non-hydrogen) atoms. The molecule has 0 saturated carbocycles. The zero-order valence-corrected chi connectivity index (χ0v) is 17.0. The molecule has 6 heteroatoms. The van der Waals surface area contributed by atoms with Gasteiger partial charge in [-0.2, -0.15) is 0 Å². The number of hydrogen-bond acceptors (Lipinski definition) is 4. The lowest BCUT2D eigenvalue weighted by Gasteiger charge is -2.19. The maximum atomic E-state index is 12.8. The monoisotopic (exact) mass is 384 g/mol. The molecule has 0 heterocycles. The van der Waals surface area contributed by atoms with E-state index in [0.29, 0.717) is 42.4 Å². The van der Waals surface area contributed by atoms with Crippen molar-refractivity contribution in [3.8, 4) is 11.5 Å². The van der Waals surface area contributed by atoms with Crippen LogP contribution < -0.4 is 14.8 Å². The molecule has 2 aromatic carbocycles. The van der Waals surface area contributed by atoms with Crippen LogP contribution in [0.5, 0.6) is 11.5 Å². The van der Waals surface area contributed by atoms with Crippen LogP contribution in [0.4, 0.5) is 0 Å². The molecule has 2 aromatic rings. The van der Waals surface area contributed by atoms with Crippen LogP contribution in [0.3, 0.4) is 0 Å². The van der Waals surface area contributed by atoms with E-state index in [1.54, 1.807) is 49.3 Å². The van der Waals surface area contributed by atoms with E-state index in [2.05, 4.69) is 5.32 Å². The van der Waals surface area contributed by atoms with Crippen molar-refractivity contribution in [1.82, 2.24) is 10.2 Å². The van der Waals surface area contributed by atoms with Crippen molar-refractivity contribution >= 4 is 11.8 Å². The first-order valence-electron chi connectivity index (χ1n) is 9.46. The number of amides is 2. The van der Waals surface area contributed by atoms with Crippen LogP contribution in [0.2, 0.25) is 0 Å². The third kappa shape index (κ3) is 5.49. The maximum Gasteiger partial charge on any atom is 0.254 e. The molecule has 0 radical (unpaired) electrons. The smallest absolute Gasteiger partial charge is 0.254 e. The molecule has 0 unspecified atom stereocenters. The summed E-state index contributed by atoms with van der Waals surface area (Å²) in [7, 11) is 3.34. The van der Waals surface area contributed by atoms with Gasteiger partial charge in [-0.3, -0.25) is 9.59 Å². The molecular weight excluding hydrogens is 356 g/mol. The summed E-state index contributed by atoms with van der Waals surface area (Å²) in [6.45, 7) is 5.46. The summed E-state index contributed by atoms with van der Waals surface area (Å²) >= 11 is 0. The Morgan fingerprint density at radius 2 is 1.64 bits per heavy atom. The Labute approximate surface area is 166 Å². The molecular formula is C22H28N2O4. The van der Waals surface area contributed by atoms with Gasteiger partial charge in [0.1, 0.15) is 0 Å². The molecule has 150 valence electrons. The normalized spacial score (nSPS) is 10.3. The lowest BCUT2D eigenvalue weighted by Crippen LogP contribution is -2.26. The van der Waals surface area contributed by atoms with E-state index in [-0.39, 0.29) is 11.8 Å². The third-order valence-corrected chi connectivity index (χ3v) is 4.16. The quantitative estimate of drug-likeness (QED) is 0.718. The van der Waals surface area contributed by atoms with Gasteiger partial charge in [0.15, 0.2) is 11.5 Å². The first-order chi connectivity index (χ1) is 13.5. The summed E-state index contributed by atoms with van der Waals surface area (Å²) in [5.74, 6) is 0.973. The zero-order chi connectivity index (χ0) is 20.5. The molecule has 2 rings (SSSR count). The van der Waals surface area contributed by atoms with Gasteiger partial charge in [0.05, 0.1) is 13.2 Å². The van der Waals surface area contributed by atoms with Crippen molar-refractivity contribution in [2.24, 2.45) is 0 Å². The van der Waals surface area contributed by atoms with Crippen molar-refractivity contribution in [3.05, 3.63) is 59.2 Å². The van der Waals surface area contributed by atoms with E-state index < -0.39 is 0 Å². The van der Waals surface area contributed by atoms with Gasteiger partial charge < -0.3 is 19.7 Å². The van der Waals surface area contributed by atoms with E-state index in [0.717, 1.165) is 12.0 Å². The summed E-state index contributed by atoms with van der Waals surface area (Å²) in [4.78, 5) is 26.1. The molecule has 6 nitrogen and oxygen atoms in total. The maximum absolute atomic E-state index is 12.8. The number of hydrogen-bond donors (Lipinski definition) is 1. The minimum atomic E-state index is -0.134. The number of nitrogens with zero attached hydrogens (tertiary/aromatic N) is 1. The van der Waals surface area contributed by atoms with E-state index in [1.807, 2.05) is 26.0 Å². The standard InChI is InChI=1S/C22H28N2O4/c1-5-13-28-19-12-11-18(14-20(19)27-6-2)22(26)24(4)15-16-7-9-17(10-8-16)21(25)23-3/h7-12,14H,5-6,13,15H2,1-4H3,(H,23,25). The Bertz CT molecular complexity index is 803. The first-order valence-corrected chi connectivity index (χ1v) is 9.46. The van der Waals surface area contributed by atoms with Gasteiger partial charge in [0.25, 0.3) is 11.8 Å². The van der Waals surface area contributed by atoms with Crippen LogP contribution in [0.25, 0.3) is 0 Å². The highest BCUT2D eigenvalue weighted by Crippen LogP contribution is 2.29. The second-order valence-electron chi connectivity index (χ2n) is 6.38. The van der Waals surface area contributed by atoms with Crippen LogP contribution in [0.15, 0.2) is 42.5 Å². The minimum Gasteiger partial charge on any atom is -0.490 e. The molecule has 0 bridgehead atoms. The average Bonchev–Trinajstić information content (AvgIpc) is 2.72. The highest BCUT2D eigenvalue weighted by Gasteiger charge is 2.16. The van der Waals surface area contributed by atoms with Gasteiger partial charge in [-0.05, 0) is 49.2 Å². The Morgan fingerprint density at radius 3 is 2.25 bits per heavy atom.